The van der Waals surface area contributed by atoms with E-state index < -0.39 is 0 Å². The van der Waals surface area contributed by atoms with Gasteiger partial charge >= 0.3 is 0 Å². The number of allylic oxidation sites excluding steroid dienone is 1. The number of rotatable bonds is 6. The summed E-state index contributed by atoms with van der Waals surface area (Å²) < 4.78 is 5.39. The van der Waals surface area contributed by atoms with Gasteiger partial charge in [0.1, 0.15) is 18.0 Å². The predicted molar refractivity (Wildman–Crippen MR) is 90.5 cm³/mol. The second-order valence-corrected chi connectivity index (χ2v) is 6.05. The highest BCUT2D eigenvalue weighted by atomic mass is 16.5. The van der Waals surface area contributed by atoms with Gasteiger partial charge in [0, 0.05) is 37.7 Å². The number of nitroso groups, excluding NO2 is 1. The molecule has 0 aliphatic carbocycles. The first-order valence-corrected chi connectivity index (χ1v) is 8.20. The normalized spacial score (nSPS) is 24.5. The highest BCUT2D eigenvalue weighted by Crippen LogP contribution is 2.16. The number of hydrogen-bond acceptors (Lipinski definition) is 7. The molecule has 0 aromatic carbocycles. The van der Waals surface area contributed by atoms with E-state index in [0.717, 1.165) is 49.7 Å². The van der Waals surface area contributed by atoms with Crippen LogP contribution in [0.15, 0.2) is 34.8 Å². The summed E-state index contributed by atoms with van der Waals surface area (Å²) in [5, 5.41) is 6.25. The lowest BCUT2D eigenvalue weighted by Crippen LogP contribution is -2.47. The molecule has 0 saturated carbocycles. The lowest BCUT2D eigenvalue weighted by molar-refractivity contribution is 0.0652. The molecule has 1 aromatic heterocycles. The highest BCUT2D eigenvalue weighted by molar-refractivity contribution is 6.08. The van der Waals surface area contributed by atoms with Crippen molar-refractivity contribution in [2.75, 3.05) is 19.8 Å². The summed E-state index contributed by atoms with van der Waals surface area (Å²) in [6, 6.07) is -0.266. The van der Waals surface area contributed by atoms with E-state index >= 15 is 0 Å². The number of aryl methyl sites for hydroxylation is 1. The molecule has 0 spiro atoms. The molecule has 2 unspecified atom stereocenters. The van der Waals surface area contributed by atoms with E-state index in [1.165, 1.54) is 0 Å². The molecule has 1 fully saturated rings. The number of dihydropyridines is 1. The van der Waals surface area contributed by atoms with E-state index in [1.54, 1.807) is 12.4 Å². The Morgan fingerprint density at radius 3 is 2.75 bits per heavy atom. The van der Waals surface area contributed by atoms with Gasteiger partial charge in [-0.1, -0.05) is 6.08 Å². The molecule has 0 radical (unpaired) electrons. The average Bonchev–Trinajstić information content (AvgIpc) is 2.63. The van der Waals surface area contributed by atoms with E-state index in [2.05, 4.69) is 26.0 Å². The Morgan fingerprint density at radius 1 is 1.29 bits per heavy atom. The Labute approximate surface area is 140 Å². The van der Waals surface area contributed by atoms with E-state index in [4.69, 9.17) is 9.73 Å². The lowest BCUT2D eigenvalue weighted by atomic mass is 9.99. The molecule has 2 aliphatic rings. The van der Waals surface area contributed by atoms with Gasteiger partial charge in [-0.15, -0.1) is 4.91 Å². The Balaban J connectivity index is 1.70. The minimum Gasteiger partial charge on any atom is -0.381 e. The fourth-order valence-corrected chi connectivity index (χ4v) is 2.85. The molecule has 24 heavy (non-hydrogen) atoms. The van der Waals surface area contributed by atoms with Crippen LogP contribution in [-0.2, 0) is 4.74 Å². The molecule has 0 amide bonds. The van der Waals surface area contributed by atoms with E-state index in [9.17, 15) is 4.91 Å². The maximum absolute atomic E-state index is 10.6. The Bertz CT molecular complexity index is 609. The van der Waals surface area contributed by atoms with Gasteiger partial charge < -0.3 is 4.74 Å². The van der Waals surface area contributed by atoms with Crippen molar-refractivity contribution < 1.29 is 4.74 Å². The van der Waals surface area contributed by atoms with Crippen LogP contribution in [0.5, 0.6) is 0 Å². The lowest BCUT2D eigenvalue weighted by Gasteiger charge is -2.28. The van der Waals surface area contributed by atoms with Gasteiger partial charge in [0.15, 0.2) is 0 Å². The first-order chi connectivity index (χ1) is 11.8. The standard InChI is InChI=1S/C16H22N6O2/c1-11-17-9-13(10-18-11)14-2-3-15(21-22-23)16(20-14)19-8-12-4-6-24-7-5-12/h2-3,9-10,12,15-16,19H,4-8H2,1H3,(H,21,23). The molecule has 2 aliphatic heterocycles. The van der Waals surface area contributed by atoms with Gasteiger partial charge in [0.05, 0.1) is 11.0 Å². The maximum atomic E-state index is 10.6. The number of nitrogens with one attached hydrogen (secondary N) is 2. The molecule has 3 heterocycles. The van der Waals surface area contributed by atoms with Gasteiger partial charge in [0.2, 0.25) is 0 Å². The van der Waals surface area contributed by atoms with Crippen molar-refractivity contribution in [3.05, 3.63) is 40.8 Å². The van der Waals surface area contributed by atoms with Crippen molar-refractivity contribution in [3.63, 3.8) is 0 Å². The molecule has 1 saturated heterocycles. The molecule has 8 heteroatoms. The van der Waals surface area contributed by atoms with Crippen LogP contribution in [0.25, 0.3) is 0 Å². The smallest absolute Gasteiger partial charge is 0.126 e. The second-order valence-electron chi connectivity index (χ2n) is 6.05. The van der Waals surface area contributed by atoms with Crippen molar-refractivity contribution in [1.82, 2.24) is 20.7 Å². The van der Waals surface area contributed by atoms with Crippen LogP contribution >= 0.6 is 0 Å². The Hall–Kier alpha value is -2.19. The molecule has 0 bridgehead atoms. The summed E-state index contributed by atoms with van der Waals surface area (Å²) in [7, 11) is 0. The van der Waals surface area contributed by atoms with Crippen LogP contribution in [0.1, 0.15) is 24.2 Å². The molecule has 2 atom stereocenters. The molecule has 8 nitrogen and oxygen atoms in total. The van der Waals surface area contributed by atoms with Gasteiger partial charge in [-0.05, 0) is 31.8 Å². The van der Waals surface area contributed by atoms with Crippen LogP contribution < -0.4 is 10.7 Å². The minimum absolute atomic E-state index is 0.258. The van der Waals surface area contributed by atoms with E-state index in [0.29, 0.717) is 5.92 Å². The molecule has 2 N–H and O–H groups in total. The summed E-state index contributed by atoms with van der Waals surface area (Å²) in [5.41, 5.74) is 4.21. The largest absolute Gasteiger partial charge is 0.381 e. The monoisotopic (exact) mass is 330 g/mol. The zero-order valence-corrected chi connectivity index (χ0v) is 13.7. The molecule has 128 valence electrons. The van der Waals surface area contributed by atoms with Crippen LogP contribution in [-0.4, -0.2) is 47.6 Å². The Morgan fingerprint density at radius 2 is 2.04 bits per heavy atom. The number of hydrogen-bond donors (Lipinski definition) is 2. The van der Waals surface area contributed by atoms with Crippen LogP contribution in [0, 0.1) is 17.7 Å². The third-order valence-corrected chi connectivity index (χ3v) is 4.31. The number of nitrogens with zero attached hydrogens (tertiary/aromatic N) is 4. The summed E-state index contributed by atoms with van der Waals surface area (Å²) in [6.07, 6.45) is 9.10. The average molecular weight is 330 g/mol. The van der Waals surface area contributed by atoms with Gasteiger partial charge in [0.25, 0.3) is 0 Å². The van der Waals surface area contributed by atoms with Crippen LogP contribution in [0.3, 0.4) is 0 Å². The van der Waals surface area contributed by atoms with Gasteiger partial charge in [-0.2, -0.15) is 0 Å². The summed E-state index contributed by atoms with van der Waals surface area (Å²) in [5.74, 6) is 1.29. The predicted octanol–water partition coefficient (Wildman–Crippen LogP) is 1.13. The first kappa shape index (κ1) is 16.7. The van der Waals surface area contributed by atoms with Crippen LogP contribution in [0.4, 0.5) is 0 Å². The van der Waals surface area contributed by atoms with Crippen molar-refractivity contribution in [3.8, 4) is 0 Å². The van der Waals surface area contributed by atoms with Crippen molar-refractivity contribution in [2.24, 2.45) is 16.2 Å². The van der Waals surface area contributed by atoms with Gasteiger partial charge in [-0.25, -0.2) is 9.97 Å². The molecular formula is C16H22N6O2. The van der Waals surface area contributed by atoms with Crippen LogP contribution in [0.2, 0.25) is 0 Å². The zero-order chi connectivity index (χ0) is 16.8. The summed E-state index contributed by atoms with van der Waals surface area (Å²) in [4.78, 5) is 23.7. The third kappa shape index (κ3) is 4.21. The van der Waals surface area contributed by atoms with Crippen molar-refractivity contribution in [1.29, 1.82) is 0 Å². The fraction of sp³-hybridized carbons (Fsp3) is 0.562. The van der Waals surface area contributed by atoms with Crippen molar-refractivity contribution >= 4 is 5.71 Å². The summed E-state index contributed by atoms with van der Waals surface area (Å²) in [6.45, 7) is 4.30. The first-order valence-electron chi connectivity index (χ1n) is 8.20. The molecular weight excluding hydrogens is 308 g/mol. The third-order valence-electron chi connectivity index (χ3n) is 4.31. The molecule has 1 aromatic rings. The SMILES string of the molecule is Cc1ncc(C2=NC(NCC3CCOCC3)C(NN=O)C=C2)cn1. The topological polar surface area (TPSA) is 101 Å². The quantitative estimate of drug-likeness (QED) is 0.599. The van der Waals surface area contributed by atoms with Gasteiger partial charge in [-0.3, -0.25) is 15.7 Å². The molecule has 3 rings (SSSR count). The van der Waals surface area contributed by atoms with Crippen molar-refractivity contribution in [2.45, 2.75) is 32.0 Å². The highest BCUT2D eigenvalue weighted by Gasteiger charge is 2.24. The fourth-order valence-electron chi connectivity index (χ4n) is 2.85. The number of aliphatic imine (C=N–C) groups is 1. The minimum atomic E-state index is -0.266. The van der Waals surface area contributed by atoms with E-state index in [1.807, 2.05) is 19.1 Å². The maximum Gasteiger partial charge on any atom is 0.126 e. The summed E-state index contributed by atoms with van der Waals surface area (Å²) >= 11 is 0. The number of ether oxygens (including phenoxy) is 1. The number of aromatic nitrogens is 2. The zero-order valence-electron chi connectivity index (χ0n) is 13.7. The van der Waals surface area contributed by atoms with E-state index in [-0.39, 0.29) is 12.2 Å². The Kier molecular flexibility index (Phi) is 5.60. The second kappa shape index (κ2) is 8.07.